The van der Waals surface area contributed by atoms with E-state index in [4.69, 9.17) is 16.3 Å². The number of nitrogens with two attached hydrogens (primary N) is 1. The number of rotatable bonds is 5. The third-order valence-corrected chi connectivity index (χ3v) is 4.23. The van der Waals surface area contributed by atoms with Crippen molar-refractivity contribution in [3.8, 4) is 12.1 Å². The van der Waals surface area contributed by atoms with Gasteiger partial charge in [0.15, 0.2) is 0 Å². The molecule has 0 saturated carbocycles. The lowest BCUT2D eigenvalue weighted by Crippen LogP contribution is -2.19. The molecule has 0 saturated heterocycles. The number of nitrogens with zero attached hydrogens (tertiary/aromatic N) is 4. The van der Waals surface area contributed by atoms with Crippen molar-refractivity contribution in [1.82, 2.24) is 4.98 Å². The number of thioether (sulfide) groups is 1. The molecular weight excluding hydrogens is 336 g/mol. The van der Waals surface area contributed by atoms with Crippen molar-refractivity contribution in [3.05, 3.63) is 53.1 Å². The average molecular weight is 345 g/mol. The zero-order valence-corrected chi connectivity index (χ0v) is 12.8. The van der Waals surface area contributed by atoms with Gasteiger partial charge in [0.05, 0.1) is 5.56 Å². The van der Waals surface area contributed by atoms with Crippen molar-refractivity contribution in [2.75, 3.05) is 5.34 Å². The first-order chi connectivity index (χ1) is 11.5. The van der Waals surface area contributed by atoms with Gasteiger partial charge in [0.2, 0.25) is 11.7 Å². The number of hydrogen-bond donors (Lipinski definition) is 1. The van der Waals surface area contributed by atoms with E-state index in [1.165, 1.54) is 0 Å². The molecule has 1 atom stereocenters. The minimum Gasteiger partial charge on any atom is -0.368 e. The number of benzene rings is 1. The number of aromatic nitrogens is 1. The fourth-order valence-electron chi connectivity index (χ4n) is 1.90. The smallest absolute Gasteiger partial charge is 0.235 e. The molecule has 1 aromatic carbocycles. The monoisotopic (exact) mass is 345 g/mol. The molecule has 0 aliphatic rings. The molecule has 2 rings (SSSR count). The van der Waals surface area contributed by atoms with Crippen LogP contribution < -0.4 is 11.1 Å². The molecule has 0 aliphatic heterocycles. The lowest BCUT2D eigenvalue weighted by molar-refractivity contribution is -0.117. The molecule has 9 heteroatoms. The van der Waals surface area contributed by atoms with E-state index in [0.29, 0.717) is 5.56 Å². The number of nitriles is 2. The van der Waals surface area contributed by atoms with Crippen molar-refractivity contribution in [3.63, 3.8) is 0 Å². The summed E-state index contributed by atoms with van der Waals surface area (Å²) in [5.41, 5.74) is 5.38. The van der Waals surface area contributed by atoms with Crippen LogP contribution in [0.4, 0.5) is 14.8 Å². The van der Waals surface area contributed by atoms with Gasteiger partial charge in [-0.1, -0.05) is 51.1 Å². The Balaban J connectivity index is 2.51. The molecule has 1 unspecified atom stereocenters. The first kappa shape index (κ1) is 17.2. The Morgan fingerprint density at radius 3 is 2.33 bits per heavy atom. The number of primary amides is 1. The third kappa shape index (κ3) is 3.59. The first-order valence-electron chi connectivity index (χ1n) is 6.45. The van der Waals surface area contributed by atoms with Crippen LogP contribution in [0.1, 0.15) is 21.9 Å². The molecule has 1 heterocycles. The van der Waals surface area contributed by atoms with E-state index in [1.54, 1.807) is 42.5 Å². The Morgan fingerprint density at radius 2 is 1.83 bits per heavy atom. The predicted molar refractivity (Wildman–Crippen MR) is 82.6 cm³/mol. The van der Waals surface area contributed by atoms with E-state index in [9.17, 15) is 13.8 Å². The SMILES string of the molecule is N#Cc1cc(C#N)c(N(F)F)nc1SC(C(N)=O)c1ccccc1. The standard InChI is InChI=1S/C15H9F2N5OS/c16-22(17)14-10(7-18)6-11(8-19)15(21-14)24-12(13(20)23)9-4-2-1-3-5-9/h1-6,12H,(H2,20,23). The van der Waals surface area contributed by atoms with Crippen LogP contribution in [-0.2, 0) is 4.79 Å². The molecule has 0 aliphatic carbocycles. The highest BCUT2D eigenvalue weighted by Crippen LogP contribution is 2.37. The van der Waals surface area contributed by atoms with E-state index >= 15 is 0 Å². The second-order valence-electron chi connectivity index (χ2n) is 4.48. The Hall–Kier alpha value is -3.17. The second kappa shape index (κ2) is 7.40. The minimum absolute atomic E-state index is 0.0932. The topological polar surface area (TPSA) is 107 Å². The van der Waals surface area contributed by atoms with Crippen LogP contribution in [0.5, 0.6) is 0 Å². The number of carbonyl (C=O) groups excluding carboxylic acids is 1. The summed E-state index contributed by atoms with van der Waals surface area (Å²) in [5.74, 6) is -1.60. The van der Waals surface area contributed by atoms with E-state index in [0.717, 1.165) is 17.8 Å². The minimum atomic E-state index is -1.31. The molecule has 1 aromatic heterocycles. The average Bonchev–Trinajstić information content (AvgIpc) is 2.59. The van der Waals surface area contributed by atoms with Crippen molar-refractivity contribution in [2.24, 2.45) is 5.73 Å². The van der Waals surface area contributed by atoms with Crippen LogP contribution in [0, 0.1) is 22.7 Å². The highest BCUT2D eigenvalue weighted by Gasteiger charge is 2.24. The predicted octanol–water partition coefficient (Wildman–Crippen LogP) is 2.72. The Labute approximate surface area is 140 Å². The molecule has 0 bridgehead atoms. The molecule has 6 nitrogen and oxygen atoms in total. The van der Waals surface area contributed by atoms with Gasteiger partial charge in [0.25, 0.3) is 0 Å². The van der Waals surface area contributed by atoms with Crippen molar-refractivity contribution >= 4 is 23.5 Å². The highest BCUT2D eigenvalue weighted by molar-refractivity contribution is 8.00. The molecule has 2 N–H and O–H groups in total. The number of hydrogen-bond acceptors (Lipinski definition) is 6. The quantitative estimate of drug-likeness (QED) is 0.659. The molecule has 2 aromatic rings. The van der Waals surface area contributed by atoms with Gasteiger partial charge in [-0.2, -0.15) is 10.5 Å². The number of pyridine rings is 1. The van der Waals surface area contributed by atoms with Crippen LogP contribution in [0.3, 0.4) is 0 Å². The van der Waals surface area contributed by atoms with Crippen LogP contribution >= 0.6 is 11.8 Å². The Kier molecular flexibility index (Phi) is 5.30. The van der Waals surface area contributed by atoms with Crippen molar-refractivity contribution in [1.29, 1.82) is 10.5 Å². The number of anilines is 1. The first-order valence-corrected chi connectivity index (χ1v) is 7.33. The summed E-state index contributed by atoms with van der Waals surface area (Å²) >= 11 is 0.774. The van der Waals surface area contributed by atoms with E-state index in [2.05, 4.69) is 4.98 Å². The maximum absolute atomic E-state index is 12.9. The van der Waals surface area contributed by atoms with Gasteiger partial charge < -0.3 is 5.73 Å². The highest BCUT2D eigenvalue weighted by atomic mass is 32.2. The molecule has 0 spiro atoms. The van der Waals surface area contributed by atoms with Gasteiger partial charge in [-0.25, -0.2) is 4.98 Å². The molecule has 1 amide bonds. The van der Waals surface area contributed by atoms with Gasteiger partial charge in [0.1, 0.15) is 28.0 Å². The van der Waals surface area contributed by atoms with Crippen LogP contribution in [0.15, 0.2) is 41.4 Å². The third-order valence-electron chi connectivity index (χ3n) is 2.96. The van der Waals surface area contributed by atoms with E-state index < -0.39 is 27.9 Å². The summed E-state index contributed by atoms with van der Waals surface area (Å²) in [6.45, 7) is 0. The van der Waals surface area contributed by atoms with Gasteiger partial charge >= 0.3 is 0 Å². The maximum Gasteiger partial charge on any atom is 0.235 e. The van der Waals surface area contributed by atoms with Crippen LogP contribution in [0.25, 0.3) is 0 Å². The maximum atomic E-state index is 12.9. The Morgan fingerprint density at radius 1 is 1.21 bits per heavy atom. The fraction of sp³-hybridized carbons (Fsp3) is 0.0667. The molecule has 0 radical (unpaired) electrons. The van der Waals surface area contributed by atoms with Gasteiger partial charge in [-0.15, -0.1) is 0 Å². The summed E-state index contributed by atoms with van der Waals surface area (Å²) in [6, 6.07) is 12.8. The largest absolute Gasteiger partial charge is 0.368 e. The summed E-state index contributed by atoms with van der Waals surface area (Å²) in [6.07, 6.45) is 0. The second-order valence-corrected chi connectivity index (χ2v) is 5.57. The molecule has 120 valence electrons. The number of carbonyl (C=O) groups is 1. The van der Waals surface area contributed by atoms with Gasteiger partial charge in [-0.05, 0) is 17.0 Å². The molecule has 0 fully saturated rings. The van der Waals surface area contributed by atoms with Crippen molar-refractivity contribution in [2.45, 2.75) is 10.3 Å². The van der Waals surface area contributed by atoms with Crippen LogP contribution in [-0.4, -0.2) is 10.9 Å². The zero-order valence-electron chi connectivity index (χ0n) is 12.0. The van der Waals surface area contributed by atoms with Crippen LogP contribution in [0.2, 0.25) is 0 Å². The fourth-order valence-corrected chi connectivity index (χ4v) is 2.90. The number of halogens is 2. The lowest BCUT2D eigenvalue weighted by Gasteiger charge is -2.15. The van der Waals surface area contributed by atoms with E-state index in [1.807, 2.05) is 0 Å². The molecular formula is C15H9F2N5OS. The van der Waals surface area contributed by atoms with Gasteiger partial charge in [-0.3, -0.25) is 4.79 Å². The zero-order chi connectivity index (χ0) is 17.7. The lowest BCUT2D eigenvalue weighted by atomic mass is 10.1. The summed E-state index contributed by atoms with van der Waals surface area (Å²) < 4.78 is 25.8. The van der Waals surface area contributed by atoms with E-state index in [-0.39, 0.29) is 10.6 Å². The molecule has 24 heavy (non-hydrogen) atoms. The summed E-state index contributed by atoms with van der Waals surface area (Å²) in [5, 5.41) is 15.7. The van der Waals surface area contributed by atoms with Gasteiger partial charge in [0, 0.05) is 0 Å². The Bertz CT molecular complexity index is 845. The number of amides is 1. The summed E-state index contributed by atoms with van der Waals surface area (Å²) in [7, 11) is 0. The summed E-state index contributed by atoms with van der Waals surface area (Å²) in [4.78, 5) is 15.4. The normalized spacial score (nSPS) is 11.2. The van der Waals surface area contributed by atoms with Crippen molar-refractivity contribution < 1.29 is 13.8 Å².